The van der Waals surface area contributed by atoms with Crippen molar-refractivity contribution in [3.63, 3.8) is 0 Å². The second-order valence-electron chi connectivity index (χ2n) is 0.380. The molecule has 0 amide bonds. The molecule has 0 aliphatic carbocycles. The topological polar surface area (TPSA) is 20.2 Å². The lowest BCUT2D eigenvalue weighted by Crippen LogP contribution is -1.85. The molecule has 0 aromatic heterocycles. The van der Waals surface area contributed by atoms with E-state index in [9.17, 15) is 0 Å². The predicted molar refractivity (Wildman–Crippen MR) is 17.4 cm³/mol. The van der Waals surface area contributed by atoms with Crippen molar-refractivity contribution in [1.82, 2.24) is 0 Å². The Morgan fingerprint density at radius 3 is 3.00 bits per heavy atom. The summed E-state index contributed by atoms with van der Waals surface area (Å²) in [6, 6.07) is 0. The van der Waals surface area contributed by atoms with Crippen molar-refractivity contribution in [3.8, 4) is 0 Å². The van der Waals surface area contributed by atoms with Crippen LogP contribution in [0.4, 0.5) is 0 Å². The van der Waals surface area contributed by atoms with Gasteiger partial charge in [0.25, 0.3) is 0 Å². The summed E-state index contributed by atoms with van der Waals surface area (Å²) in [6.45, 7) is -5.54. The van der Waals surface area contributed by atoms with Gasteiger partial charge in [-0.05, 0) is 13.7 Å². The van der Waals surface area contributed by atoms with Crippen LogP contribution < -0.4 is 0 Å². The van der Waals surface area contributed by atoms with Crippen molar-refractivity contribution >= 4 is 0 Å². The second kappa shape index (κ2) is 1.30. The Morgan fingerprint density at radius 2 is 3.00 bits per heavy atom. The van der Waals surface area contributed by atoms with E-state index in [2.05, 4.69) is 5.11 Å². The standard InChI is InChI=1S/C3H8O/c1-3(2)4/h3-4H,1-2H3/i1D3,2D3,4D. The van der Waals surface area contributed by atoms with Crippen LogP contribution in [0.15, 0.2) is 0 Å². The summed E-state index contributed by atoms with van der Waals surface area (Å²) in [5, 5.41) is 3.60. The molecule has 0 unspecified atom stereocenters. The number of aliphatic hydroxyl groups is 1. The zero-order valence-corrected chi connectivity index (χ0v) is 1.99. The van der Waals surface area contributed by atoms with Gasteiger partial charge in [-0.1, -0.05) is 0 Å². The molecule has 0 spiro atoms. The Hall–Kier alpha value is -0.0400. The molecule has 0 saturated carbocycles. The van der Waals surface area contributed by atoms with Crippen LogP contribution in [-0.4, -0.2) is 12.6 Å². The molecule has 0 fully saturated rings. The SMILES string of the molecule is [2H]OC(C([2H])([2H])[2H])C([2H])([2H])[2H]. The van der Waals surface area contributed by atoms with Crippen molar-refractivity contribution < 1.29 is 13.3 Å². The Balaban J connectivity index is 4.43. The largest absolute Gasteiger partial charge is 0.394 e. The van der Waals surface area contributed by atoms with Gasteiger partial charge >= 0.3 is 0 Å². The molecule has 0 saturated heterocycles. The van der Waals surface area contributed by atoms with Gasteiger partial charge in [0, 0.05) is 14.3 Å². The minimum Gasteiger partial charge on any atom is -0.394 e. The molecule has 0 atom stereocenters. The molecule has 1 nitrogen and oxygen atoms in total. The van der Waals surface area contributed by atoms with E-state index in [1.807, 2.05) is 0 Å². The Kier molecular flexibility index (Phi) is 0.113. The third-order valence-electron chi connectivity index (χ3n) is 0. The lowest BCUT2D eigenvalue weighted by atomic mass is 10.5. The molecule has 0 aromatic carbocycles. The van der Waals surface area contributed by atoms with Gasteiger partial charge in [-0.2, -0.15) is 0 Å². The number of hydrogen-bond donors (Lipinski definition) is 1. The van der Waals surface area contributed by atoms with Gasteiger partial charge in [0.05, 0.1) is 0 Å². The summed E-state index contributed by atoms with van der Waals surface area (Å²) < 4.78 is 46.3. The van der Waals surface area contributed by atoms with E-state index in [0.717, 1.165) is 0 Å². The zero-order valence-electron chi connectivity index (χ0n) is 8.99. The fourth-order valence-electron chi connectivity index (χ4n) is 0. The lowest BCUT2D eigenvalue weighted by Gasteiger charge is -1.80. The molecule has 26 valence electrons. The summed E-state index contributed by atoms with van der Waals surface area (Å²) in [6.07, 6.45) is -2.02. The van der Waals surface area contributed by atoms with E-state index in [0.29, 0.717) is 0 Å². The van der Waals surface area contributed by atoms with E-state index in [1.165, 1.54) is 0 Å². The average molecular weight is 67.1 g/mol. The van der Waals surface area contributed by atoms with Crippen LogP contribution in [0, 0.1) is 0 Å². The van der Waals surface area contributed by atoms with Crippen molar-refractivity contribution in [1.29, 1.82) is 1.43 Å². The molecule has 0 heterocycles. The number of aliphatic hydroxyl groups excluding tert-OH is 1. The first-order valence-electron chi connectivity index (χ1n) is 4.22. The van der Waals surface area contributed by atoms with Gasteiger partial charge in [0.1, 0.15) is 0 Å². The monoisotopic (exact) mass is 67.1 g/mol. The summed E-state index contributed by atoms with van der Waals surface area (Å²) in [5.74, 6) is 0. The quantitative estimate of drug-likeness (QED) is 0.470. The highest BCUT2D eigenvalue weighted by Gasteiger charge is 1.69. The first kappa shape index (κ1) is 0.350. The van der Waals surface area contributed by atoms with E-state index < -0.39 is 19.8 Å². The summed E-state index contributed by atoms with van der Waals surface area (Å²) >= 11 is 0. The van der Waals surface area contributed by atoms with Crippen molar-refractivity contribution in [2.75, 3.05) is 0 Å². The summed E-state index contributed by atoms with van der Waals surface area (Å²) in [4.78, 5) is 0. The summed E-state index contributed by atoms with van der Waals surface area (Å²) in [7, 11) is 0. The Labute approximate surface area is 36.2 Å². The highest BCUT2D eigenvalue weighted by molar-refractivity contribution is 4.20. The van der Waals surface area contributed by atoms with Crippen LogP contribution in [0.5, 0.6) is 0 Å². The number of hydrogen-bond acceptors (Lipinski definition) is 1. The van der Waals surface area contributed by atoms with Gasteiger partial charge in [0.15, 0.2) is 0 Å². The predicted octanol–water partition coefficient (Wildman–Crippen LogP) is 0.387. The highest BCUT2D eigenvalue weighted by Crippen LogP contribution is 1.65. The van der Waals surface area contributed by atoms with Gasteiger partial charge in [-0.25, -0.2) is 0 Å². The van der Waals surface area contributed by atoms with Gasteiger partial charge in [-0.3, -0.25) is 0 Å². The first-order chi connectivity index (χ1) is 4.69. The molecule has 0 aromatic rings. The molecular formula is C3H8O. The van der Waals surface area contributed by atoms with Crippen LogP contribution in [0.3, 0.4) is 0 Å². The molecular weight excluding hydrogens is 52.0 g/mol. The highest BCUT2D eigenvalue weighted by atomic mass is 16.3. The van der Waals surface area contributed by atoms with Gasteiger partial charge in [0.2, 0.25) is 1.43 Å². The van der Waals surface area contributed by atoms with E-state index in [1.54, 1.807) is 0 Å². The third-order valence-corrected chi connectivity index (χ3v) is 0. The molecule has 4 heavy (non-hydrogen) atoms. The molecule has 0 aliphatic heterocycles. The van der Waals surface area contributed by atoms with Crippen molar-refractivity contribution in [3.05, 3.63) is 0 Å². The summed E-state index contributed by atoms with van der Waals surface area (Å²) in [5.41, 5.74) is 0. The van der Waals surface area contributed by atoms with Crippen molar-refractivity contribution in [2.45, 2.75) is 19.8 Å². The normalized spacial score (nSPS) is 40.8. The molecule has 1 heteroatoms. The van der Waals surface area contributed by atoms with Crippen LogP contribution in [0.25, 0.3) is 0 Å². The molecule has 0 bridgehead atoms. The van der Waals surface area contributed by atoms with E-state index in [4.69, 9.17) is 9.66 Å². The first-order valence-corrected chi connectivity index (χ1v) is 0.813. The number of rotatable bonds is 1. The fraction of sp³-hybridized carbons (Fsp3) is 1.00. The fourth-order valence-corrected chi connectivity index (χ4v) is 0. The lowest BCUT2D eigenvalue weighted by molar-refractivity contribution is 0.216. The third kappa shape index (κ3) is 1130. The molecule has 0 aliphatic rings. The maximum absolute atomic E-state index is 6.67. The maximum Gasteiger partial charge on any atom is 0.210 e. The molecule has 0 radical (unpaired) electrons. The van der Waals surface area contributed by atoms with E-state index >= 15 is 0 Å². The maximum atomic E-state index is 6.67. The van der Waals surface area contributed by atoms with Crippen LogP contribution in [-0.2, 0) is 0 Å². The van der Waals surface area contributed by atoms with Crippen LogP contribution >= 0.6 is 0 Å². The van der Waals surface area contributed by atoms with E-state index in [-0.39, 0.29) is 0 Å². The minimum atomic E-state index is -2.77. The van der Waals surface area contributed by atoms with Gasteiger partial charge in [-0.15, -0.1) is 0 Å². The smallest absolute Gasteiger partial charge is 0.210 e. The second-order valence-corrected chi connectivity index (χ2v) is 0.380. The average Bonchev–Trinajstić information content (AvgIpc) is 1.56. The Morgan fingerprint density at radius 1 is 2.25 bits per heavy atom. The van der Waals surface area contributed by atoms with Crippen LogP contribution in [0.1, 0.15) is 21.9 Å². The van der Waals surface area contributed by atoms with Crippen molar-refractivity contribution in [2.24, 2.45) is 0 Å². The van der Waals surface area contributed by atoms with Crippen LogP contribution in [0.2, 0.25) is 0 Å². The van der Waals surface area contributed by atoms with Gasteiger partial charge < -0.3 is 5.11 Å². The Bertz CT molecular complexity index is 109. The minimum absolute atomic E-state index is 2.02. The molecule has 0 rings (SSSR count). The zero-order chi connectivity index (χ0) is 9.28. The molecule has 1 N–H and O–H groups in total.